The van der Waals surface area contributed by atoms with Gasteiger partial charge in [0.2, 0.25) is 0 Å². The van der Waals surface area contributed by atoms with Gasteiger partial charge in [-0.3, -0.25) is 4.79 Å². The van der Waals surface area contributed by atoms with Gasteiger partial charge in [0.15, 0.2) is 0 Å². The van der Waals surface area contributed by atoms with Gasteiger partial charge in [0.25, 0.3) is 5.91 Å². The number of hydrogen-bond donors (Lipinski definition) is 1. The minimum atomic E-state index is -0.224. The summed E-state index contributed by atoms with van der Waals surface area (Å²) in [5.41, 5.74) is 1.41. The highest BCUT2D eigenvalue weighted by molar-refractivity contribution is 5.92. The normalized spacial score (nSPS) is 14.5. The van der Waals surface area contributed by atoms with E-state index in [9.17, 15) is 9.18 Å². The number of rotatable bonds is 6. The minimum Gasteiger partial charge on any atom is -0.368 e. The third-order valence-corrected chi connectivity index (χ3v) is 4.69. The fraction of sp³-hybridized carbons (Fsp3) is 0.450. The van der Waals surface area contributed by atoms with Crippen molar-refractivity contribution in [3.63, 3.8) is 0 Å². The lowest BCUT2D eigenvalue weighted by Crippen LogP contribution is -2.47. The maximum Gasteiger partial charge on any atom is 0.270 e. The molecule has 7 heteroatoms. The Balaban J connectivity index is 1.58. The number of carbonyl (C=O) groups excluding carboxylic acids is 1. The number of nitrogens with one attached hydrogen (secondary N) is 1. The van der Waals surface area contributed by atoms with Crippen LogP contribution in [0.2, 0.25) is 0 Å². The average Bonchev–Trinajstić information content (AvgIpc) is 2.68. The Morgan fingerprint density at radius 3 is 2.44 bits per heavy atom. The van der Waals surface area contributed by atoms with E-state index in [4.69, 9.17) is 0 Å². The second kappa shape index (κ2) is 8.79. The monoisotopic (exact) mass is 371 g/mol. The van der Waals surface area contributed by atoms with E-state index in [0.717, 1.165) is 44.1 Å². The first-order valence-corrected chi connectivity index (χ1v) is 9.38. The lowest BCUT2D eigenvalue weighted by Gasteiger charge is -2.36. The third kappa shape index (κ3) is 5.15. The predicted octanol–water partition coefficient (Wildman–Crippen LogP) is 2.72. The summed E-state index contributed by atoms with van der Waals surface area (Å²) in [5, 5.41) is 2.91. The quantitative estimate of drug-likeness (QED) is 0.846. The van der Waals surface area contributed by atoms with Crippen LogP contribution in [0, 0.1) is 11.7 Å². The second-order valence-electron chi connectivity index (χ2n) is 7.15. The van der Waals surface area contributed by atoms with Crippen LogP contribution in [0.25, 0.3) is 0 Å². The van der Waals surface area contributed by atoms with E-state index in [0.29, 0.717) is 18.2 Å². The maximum absolute atomic E-state index is 13.1. The Hall–Kier alpha value is -2.70. The molecule has 1 aromatic heterocycles. The van der Waals surface area contributed by atoms with Gasteiger partial charge in [-0.25, -0.2) is 14.4 Å². The van der Waals surface area contributed by atoms with Crippen LogP contribution in [0.4, 0.5) is 15.9 Å². The molecule has 2 aromatic rings. The summed E-state index contributed by atoms with van der Waals surface area (Å²) in [5.74, 6) is 0.920. The van der Waals surface area contributed by atoms with E-state index < -0.39 is 0 Å². The molecule has 0 atom stereocenters. The molecule has 0 aliphatic carbocycles. The molecule has 1 saturated heterocycles. The van der Waals surface area contributed by atoms with E-state index >= 15 is 0 Å². The van der Waals surface area contributed by atoms with Crippen molar-refractivity contribution in [2.45, 2.75) is 20.3 Å². The third-order valence-electron chi connectivity index (χ3n) is 4.69. The minimum absolute atomic E-state index is 0.163. The lowest BCUT2D eigenvalue weighted by molar-refractivity contribution is 0.0947. The van der Waals surface area contributed by atoms with Gasteiger partial charge in [0.05, 0.1) is 0 Å². The first-order valence-electron chi connectivity index (χ1n) is 9.38. The van der Waals surface area contributed by atoms with E-state index in [1.54, 1.807) is 18.2 Å². The van der Waals surface area contributed by atoms with Crippen LogP contribution in [0.5, 0.6) is 0 Å². The molecular weight excluding hydrogens is 345 g/mol. The molecule has 144 valence electrons. The number of benzene rings is 1. The number of halogens is 1. The van der Waals surface area contributed by atoms with Crippen molar-refractivity contribution in [2.75, 3.05) is 42.5 Å². The van der Waals surface area contributed by atoms with Gasteiger partial charge in [-0.1, -0.05) is 13.8 Å². The predicted molar refractivity (Wildman–Crippen MR) is 105 cm³/mol. The Bertz CT molecular complexity index is 757. The number of aromatic nitrogens is 2. The van der Waals surface area contributed by atoms with Crippen LogP contribution in [-0.2, 0) is 0 Å². The standard InChI is InChI=1S/C20H26FN5O/c1-15(2)7-8-22-20(27)18-13-19(24-14-23-18)26-11-9-25(10-12-26)17-5-3-16(21)4-6-17/h3-6,13-15H,7-12H2,1-2H3,(H,22,27). The van der Waals surface area contributed by atoms with Crippen molar-refractivity contribution in [2.24, 2.45) is 5.92 Å². The molecule has 2 heterocycles. The van der Waals surface area contributed by atoms with E-state index in [-0.39, 0.29) is 11.7 Å². The smallest absolute Gasteiger partial charge is 0.270 e. The molecular formula is C20H26FN5O. The zero-order chi connectivity index (χ0) is 19.2. The highest BCUT2D eigenvalue weighted by Crippen LogP contribution is 2.19. The molecule has 0 radical (unpaired) electrons. The molecule has 0 spiro atoms. The van der Waals surface area contributed by atoms with Gasteiger partial charge in [0, 0.05) is 44.5 Å². The molecule has 6 nitrogen and oxygen atoms in total. The average molecular weight is 371 g/mol. The summed E-state index contributed by atoms with van der Waals surface area (Å²) in [6.07, 6.45) is 2.38. The van der Waals surface area contributed by atoms with E-state index in [2.05, 4.69) is 38.9 Å². The molecule has 1 N–H and O–H groups in total. The molecule has 1 fully saturated rings. The van der Waals surface area contributed by atoms with Crippen LogP contribution in [-0.4, -0.2) is 48.6 Å². The van der Waals surface area contributed by atoms with Gasteiger partial charge in [-0.15, -0.1) is 0 Å². The Kier molecular flexibility index (Phi) is 6.21. The van der Waals surface area contributed by atoms with Crippen LogP contribution < -0.4 is 15.1 Å². The molecule has 3 rings (SSSR count). The molecule has 0 saturated carbocycles. The van der Waals surface area contributed by atoms with Gasteiger partial charge in [-0.2, -0.15) is 0 Å². The summed E-state index contributed by atoms with van der Waals surface area (Å²) >= 11 is 0. The topological polar surface area (TPSA) is 61.4 Å². The van der Waals surface area contributed by atoms with Crippen LogP contribution in [0.15, 0.2) is 36.7 Å². The van der Waals surface area contributed by atoms with Crippen LogP contribution >= 0.6 is 0 Å². The summed E-state index contributed by atoms with van der Waals surface area (Å²) in [6, 6.07) is 8.31. The molecule has 1 aliphatic heterocycles. The number of nitrogens with zero attached hydrogens (tertiary/aromatic N) is 4. The van der Waals surface area contributed by atoms with Crippen LogP contribution in [0.1, 0.15) is 30.8 Å². The number of anilines is 2. The van der Waals surface area contributed by atoms with Crippen molar-refractivity contribution in [3.05, 3.63) is 48.2 Å². The molecule has 0 bridgehead atoms. The van der Waals surface area contributed by atoms with Crippen molar-refractivity contribution in [1.29, 1.82) is 0 Å². The Labute approximate surface area is 159 Å². The Morgan fingerprint density at radius 1 is 1.11 bits per heavy atom. The summed E-state index contributed by atoms with van der Waals surface area (Å²) in [6.45, 7) is 8.08. The fourth-order valence-corrected chi connectivity index (χ4v) is 3.05. The SMILES string of the molecule is CC(C)CCNC(=O)c1cc(N2CCN(c3ccc(F)cc3)CC2)ncn1. The number of hydrogen-bond acceptors (Lipinski definition) is 5. The zero-order valence-corrected chi connectivity index (χ0v) is 15.9. The number of carbonyl (C=O) groups is 1. The Morgan fingerprint density at radius 2 is 1.78 bits per heavy atom. The molecule has 1 amide bonds. The van der Waals surface area contributed by atoms with Crippen molar-refractivity contribution < 1.29 is 9.18 Å². The summed E-state index contributed by atoms with van der Waals surface area (Å²) in [7, 11) is 0. The van der Waals surface area contributed by atoms with Crippen molar-refractivity contribution in [1.82, 2.24) is 15.3 Å². The molecule has 1 aliphatic rings. The first-order chi connectivity index (χ1) is 13.0. The fourth-order valence-electron chi connectivity index (χ4n) is 3.05. The van der Waals surface area contributed by atoms with E-state index in [1.807, 2.05) is 0 Å². The van der Waals surface area contributed by atoms with Crippen LogP contribution in [0.3, 0.4) is 0 Å². The molecule has 0 unspecified atom stereocenters. The maximum atomic E-state index is 13.1. The van der Waals surface area contributed by atoms with Crippen molar-refractivity contribution in [3.8, 4) is 0 Å². The highest BCUT2D eigenvalue weighted by Gasteiger charge is 2.19. The van der Waals surface area contributed by atoms with Gasteiger partial charge in [-0.05, 0) is 36.6 Å². The van der Waals surface area contributed by atoms with E-state index in [1.165, 1.54) is 18.5 Å². The molecule has 27 heavy (non-hydrogen) atoms. The van der Waals surface area contributed by atoms with Gasteiger partial charge in [0.1, 0.15) is 23.7 Å². The number of piperazine rings is 1. The lowest BCUT2D eigenvalue weighted by atomic mass is 10.1. The first kappa shape index (κ1) is 19.1. The number of amides is 1. The zero-order valence-electron chi connectivity index (χ0n) is 15.9. The largest absolute Gasteiger partial charge is 0.368 e. The van der Waals surface area contributed by atoms with Gasteiger partial charge >= 0.3 is 0 Å². The summed E-state index contributed by atoms with van der Waals surface area (Å²) < 4.78 is 13.1. The van der Waals surface area contributed by atoms with Gasteiger partial charge < -0.3 is 15.1 Å². The van der Waals surface area contributed by atoms with Crippen molar-refractivity contribution >= 4 is 17.4 Å². The second-order valence-corrected chi connectivity index (χ2v) is 7.15. The summed E-state index contributed by atoms with van der Waals surface area (Å²) in [4.78, 5) is 25.1. The molecule has 1 aromatic carbocycles. The highest BCUT2D eigenvalue weighted by atomic mass is 19.1.